The molecule has 1 heterocycles. The molecule has 1 aromatic carbocycles. The van der Waals surface area contributed by atoms with Gasteiger partial charge in [0.25, 0.3) is 0 Å². The van der Waals surface area contributed by atoms with E-state index in [9.17, 15) is 18.0 Å². The molecule has 0 saturated carbocycles. The van der Waals surface area contributed by atoms with Gasteiger partial charge < -0.3 is 4.90 Å². The van der Waals surface area contributed by atoms with E-state index in [4.69, 9.17) is 11.6 Å². The quantitative estimate of drug-likeness (QED) is 0.768. The second-order valence-corrected chi connectivity index (χ2v) is 4.58. The fraction of sp³-hybridized carbons (Fsp3) is 0.417. The number of alkyl halides is 3. The zero-order valence-corrected chi connectivity index (χ0v) is 10.1. The van der Waals surface area contributed by atoms with Gasteiger partial charge in [0, 0.05) is 11.6 Å². The van der Waals surface area contributed by atoms with Crippen molar-refractivity contribution >= 4 is 17.5 Å². The molecule has 1 unspecified atom stereocenters. The molecular formula is C12H11ClF3NO. The highest BCUT2D eigenvalue weighted by atomic mass is 35.5. The third kappa shape index (κ3) is 2.46. The largest absolute Gasteiger partial charge is 0.471 e. The number of nitrogens with zero attached hydrogens (tertiary/aromatic N) is 1. The van der Waals surface area contributed by atoms with Crippen molar-refractivity contribution in [1.29, 1.82) is 0 Å². The Morgan fingerprint density at radius 1 is 1.33 bits per heavy atom. The minimum Gasteiger partial charge on any atom is -0.328 e. The number of halogens is 4. The van der Waals surface area contributed by atoms with Crippen molar-refractivity contribution in [3.05, 3.63) is 34.9 Å². The molecule has 0 N–H and O–H groups in total. The zero-order valence-electron chi connectivity index (χ0n) is 9.38. The number of likely N-dealkylation sites (tertiary alicyclic amines) is 1. The summed E-state index contributed by atoms with van der Waals surface area (Å²) in [6.45, 7) is 0.119. The topological polar surface area (TPSA) is 20.3 Å². The van der Waals surface area contributed by atoms with E-state index in [0.717, 1.165) is 4.90 Å². The molecule has 98 valence electrons. The van der Waals surface area contributed by atoms with Gasteiger partial charge in [0.05, 0.1) is 6.04 Å². The average molecular weight is 278 g/mol. The minimum absolute atomic E-state index is 0.119. The summed E-state index contributed by atoms with van der Waals surface area (Å²) in [4.78, 5) is 12.2. The molecule has 1 aliphatic heterocycles. The summed E-state index contributed by atoms with van der Waals surface area (Å²) in [5, 5.41) is 0.393. The highest BCUT2D eigenvalue weighted by Gasteiger charge is 2.46. The van der Waals surface area contributed by atoms with Crippen LogP contribution in [0.1, 0.15) is 24.4 Å². The first-order valence-electron chi connectivity index (χ1n) is 5.53. The Morgan fingerprint density at radius 2 is 2.00 bits per heavy atom. The van der Waals surface area contributed by atoms with E-state index in [1.54, 1.807) is 24.3 Å². The molecule has 0 bridgehead atoms. The molecule has 1 saturated heterocycles. The standard InChI is InChI=1S/C12H11ClF3NO/c13-9-5-2-1-4-8(9)10-6-3-7-17(10)11(18)12(14,15)16/h1-2,4-5,10H,3,6-7H2. The monoisotopic (exact) mass is 277 g/mol. The number of amides is 1. The summed E-state index contributed by atoms with van der Waals surface area (Å²) in [7, 11) is 0. The van der Waals surface area contributed by atoms with Crippen LogP contribution in [0.25, 0.3) is 0 Å². The fourth-order valence-corrected chi connectivity index (χ4v) is 2.50. The maximum atomic E-state index is 12.5. The van der Waals surface area contributed by atoms with Crippen LogP contribution < -0.4 is 0 Å². The van der Waals surface area contributed by atoms with Crippen LogP contribution in [0.4, 0.5) is 13.2 Å². The van der Waals surface area contributed by atoms with Gasteiger partial charge in [-0.2, -0.15) is 13.2 Å². The lowest BCUT2D eigenvalue weighted by atomic mass is 10.0. The Kier molecular flexibility index (Phi) is 3.52. The van der Waals surface area contributed by atoms with Gasteiger partial charge in [0.15, 0.2) is 0 Å². The number of carbonyl (C=O) groups excluding carboxylic acids is 1. The second-order valence-electron chi connectivity index (χ2n) is 4.18. The number of benzene rings is 1. The predicted molar refractivity (Wildman–Crippen MR) is 61.2 cm³/mol. The molecule has 0 spiro atoms. The van der Waals surface area contributed by atoms with E-state index in [2.05, 4.69) is 0 Å². The molecule has 0 radical (unpaired) electrons. The number of hydrogen-bond acceptors (Lipinski definition) is 1. The maximum Gasteiger partial charge on any atom is 0.471 e. The summed E-state index contributed by atoms with van der Waals surface area (Å²) >= 11 is 5.97. The van der Waals surface area contributed by atoms with Crippen molar-refractivity contribution in [2.45, 2.75) is 25.1 Å². The molecule has 18 heavy (non-hydrogen) atoms. The molecule has 2 nitrogen and oxygen atoms in total. The molecule has 6 heteroatoms. The maximum absolute atomic E-state index is 12.5. The van der Waals surface area contributed by atoms with Gasteiger partial charge >= 0.3 is 12.1 Å². The van der Waals surface area contributed by atoms with E-state index < -0.39 is 18.1 Å². The molecule has 1 aliphatic rings. The van der Waals surface area contributed by atoms with Crippen LogP contribution >= 0.6 is 11.6 Å². The van der Waals surface area contributed by atoms with E-state index in [-0.39, 0.29) is 6.54 Å². The second kappa shape index (κ2) is 4.80. The number of rotatable bonds is 1. The van der Waals surface area contributed by atoms with Gasteiger partial charge in [0.1, 0.15) is 0 Å². The van der Waals surface area contributed by atoms with Crippen molar-refractivity contribution < 1.29 is 18.0 Å². The smallest absolute Gasteiger partial charge is 0.328 e. The van der Waals surface area contributed by atoms with Crippen LogP contribution in [-0.4, -0.2) is 23.5 Å². The van der Waals surface area contributed by atoms with E-state index in [0.29, 0.717) is 23.4 Å². The molecular weight excluding hydrogens is 267 g/mol. The van der Waals surface area contributed by atoms with Crippen LogP contribution in [-0.2, 0) is 4.79 Å². The Labute approximate surface area is 107 Å². The third-order valence-electron chi connectivity index (χ3n) is 3.02. The Morgan fingerprint density at radius 3 is 2.61 bits per heavy atom. The molecule has 2 rings (SSSR count). The molecule has 1 fully saturated rings. The van der Waals surface area contributed by atoms with Crippen molar-refractivity contribution in [3.8, 4) is 0 Å². The van der Waals surface area contributed by atoms with Crippen LogP contribution in [0.5, 0.6) is 0 Å². The number of hydrogen-bond donors (Lipinski definition) is 0. The molecule has 1 atom stereocenters. The highest BCUT2D eigenvalue weighted by Crippen LogP contribution is 2.37. The lowest BCUT2D eigenvalue weighted by molar-refractivity contribution is -0.186. The number of carbonyl (C=O) groups is 1. The Balaban J connectivity index is 2.29. The van der Waals surface area contributed by atoms with Crippen LogP contribution in [0.3, 0.4) is 0 Å². The zero-order chi connectivity index (χ0) is 13.3. The van der Waals surface area contributed by atoms with Crippen LogP contribution in [0.15, 0.2) is 24.3 Å². The van der Waals surface area contributed by atoms with Gasteiger partial charge in [-0.25, -0.2) is 0 Å². The average Bonchev–Trinajstić information content (AvgIpc) is 2.76. The third-order valence-corrected chi connectivity index (χ3v) is 3.36. The Bertz CT molecular complexity index is 461. The lowest BCUT2D eigenvalue weighted by Gasteiger charge is -2.26. The summed E-state index contributed by atoms with van der Waals surface area (Å²) in [6.07, 6.45) is -3.77. The van der Waals surface area contributed by atoms with Crippen molar-refractivity contribution in [2.75, 3.05) is 6.54 Å². The molecule has 1 amide bonds. The van der Waals surface area contributed by atoms with Gasteiger partial charge in [-0.05, 0) is 24.5 Å². The summed E-state index contributed by atoms with van der Waals surface area (Å²) in [5.41, 5.74) is 0.578. The summed E-state index contributed by atoms with van der Waals surface area (Å²) in [5.74, 6) is -1.79. The normalized spacial score (nSPS) is 20.2. The molecule has 0 aromatic heterocycles. The van der Waals surface area contributed by atoms with Crippen LogP contribution in [0.2, 0.25) is 5.02 Å². The summed E-state index contributed by atoms with van der Waals surface area (Å²) < 4.78 is 37.4. The summed E-state index contributed by atoms with van der Waals surface area (Å²) in [6, 6.07) is 6.11. The van der Waals surface area contributed by atoms with Crippen molar-refractivity contribution in [2.24, 2.45) is 0 Å². The van der Waals surface area contributed by atoms with Gasteiger partial charge in [0.2, 0.25) is 0 Å². The lowest BCUT2D eigenvalue weighted by Crippen LogP contribution is -2.40. The highest BCUT2D eigenvalue weighted by molar-refractivity contribution is 6.31. The first-order valence-corrected chi connectivity index (χ1v) is 5.91. The fourth-order valence-electron chi connectivity index (χ4n) is 2.24. The Hall–Kier alpha value is -1.23. The van der Waals surface area contributed by atoms with Gasteiger partial charge in [-0.15, -0.1) is 0 Å². The first kappa shape index (κ1) is 13.2. The van der Waals surface area contributed by atoms with Crippen LogP contribution in [0, 0.1) is 0 Å². The molecule has 1 aromatic rings. The minimum atomic E-state index is -4.83. The van der Waals surface area contributed by atoms with E-state index in [1.807, 2.05) is 0 Å². The molecule has 0 aliphatic carbocycles. The van der Waals surface area contributed by atoms with E-state index >= 15 is 0 Å². The SMILES string of the molecule is O=C(N1CCCC1c1ccccc1Cl)C(F)(F)F. The van der Waals surface area contributed by atoms with E-state index in [1.165, 1.54) is 0 Å². The van der Waals surface area contributed by atoms with Gasteiger partial charge in [-0.3, -0.25) is 4.79 Å². The van der Waals surface area contributed by atoms with Crippen molar-refractivity contribution in [1.82, 2.24) is 4.90 Å². The van der Waals surface area contributed by atoms with Crippen molar-refractivity contribution in [3.63, 3.8) is 0 Å². The predicted octanol–water partition coefficient (Wildman–Crippen LogP) is 3.57. The first-order chi connectivity index (χ1) is 8.41. The van der Waals surface area contributed by atoms with Gasteiger partial charge in [-0.1, -0.05) is 29.8 Å².